The molecule has 0 atom stereocenters. The highest BCUT2D eigenvalue weighted by Gasteiger charge is 2.26. The summed E-state index contributed by atoms with van der Waals surface area (Å²) in [6.45, 7) is 0. The SMILES string of the molecule is O=S(=O)(c1ccccc1)n1c2ccc(-c3ccco3)cc2c2c(-c3ccco3)ccnc21. The molecule has 156 valence electrons. The zero-order valence-corrected chi connectivity index (χ0v) is 17.5. The summed E-state index contributed by atoms with van der Waals surface area (Å²) in [5.74, 6) is 1.33. The van der Waals surface area contributed by atoms with Gasteiger partial charge in [-0.2, -0.15) is 0 Å². The third kappa shape index (κ3) is 2.72. The summed E-state index contributed by atoms with van der Waals surface area (Å²) < 4.78 is 40.0. The lowest BCUT2D eigenvalue weighted by Gasteiger charge is -2.09. The minimum absolute atomic E-state index is 0.194. The van der Waals surface area contributed by atoms with Gasteiger partial charge in [-0.25, -0.2) is 17.4 Å². The average Bonchev–Trinajstić information content (AvgIpc) is 3.59. The van der Waals surface area contributed by atoms with E-state index in [0.717, 1.165) is 16.5 Å². The molecule has 0 bridgehead atoms. The summed E-state index contributed by atoms with van der Waals surface area (Å²) in [5, 5.41) is 1.44. The van der Waals surface area contributed by atoms with E-state index in [-0.39, 0.29) is 4.90 Å². The van der Waals surface area contributed by atoms with Gasteiger partial charge in [0.1, 0.15) is 11.5 Å². The fourth-order valence-corrected chi connectivity index (χ4v) is 5.57. The molecule has 0 saturated heterocycles. The molecule has 6 rings (SSSR count). The lowest BCUT2D eigenvalue weighted by Crippen LogP contribution is -2.13. The Morgan fingerprint density at radius 1 is 0.781 bits per heavy atom. The van der Waals surface area contributed by atoms with Gasteiger partial charge in [0.25, 0.3) is 10.0 Å². The molecule has 0 N–H and O–H groups in total. The van der Waals surface area contributed by atoms with Crippen LogP contribution in [0.4, 0.5) is 0 Å². The summed E-state index contributed by atoms with van der Waals surface area (Å²) in [6.07, 6.45) is 4.80. The summed E-state index contributed by atoms with van der Waals surface area (Å²) in [5.41, 5.74) is 2.48. The zero-order valence-electron chi connectivity index (χ0n) is 16.7. The predicted octanol–water partition coefficient (Wildman–Crippen LogP) is 5.95. The molecule has 0 amide bonds. The van der Waals surface area contributed by atoms with E-state index in [9.17, 15) is 8.42 Å². The molecule has 0 spiro atoms. The standard InChI is InChI=1S/C25H16N2O4S/c28-32(29,18-6-2-1-3-7-18)27-21-11-10-17(22-8-4-14-30-22)16-20(21)24-19(12-13-26-25(24)27)23-9-5-15-31-23/h1-16H. The van der Waals surface area contributed by atoms with Crippen LogP contribution < -0.4 is 0 Å². The van der Waals surface area contributed by atoms with Gasteiger partial charge in [-0.05, 0) is 60.7 Å². The van der Waals surface area contributed by atoms with Gasteiger partial charge < -0.3 is 8.83 Å². The number of fused-ring (bicyclic) bond motifs is 3. The Kier molecular flexibility index (Phi) is 4.06. The summed E-state index contributed by atoms with van der Waals surface area (Å²) >= 11 is 0. The second-order valence-electron chi connectivity index (χ2n) is 7.33. The van der Waals surface area contributed by atoms with Gasteiger partial charge in [0, 0.05) is 28.1 Å². The molecule has 6 aromatic rings. The van der Waals surface area contributed by atoms with Crippen LogP contribution in [0, 0.1) is 0 Å². The number of rotatable bonds is 4. The van der Waals surface area contributed by atoms with E-state index in [1.807, 2.05) is 36.4 Å². The zero-order chi connectivity index (χ0) is 21.7. The Balaban J connectivity index is 1.76. The first-order valence-corrected chi connectivity index (χ1v) is 11.4. The van der Waals surface area contributed by atoms with Gasteiger partial charge in [0.15, 0.2) is 5.65 Å². The summed E-state index contributed by atoms with van der Waals surface area (Å²) in [7, 11) is -3.90. The maximum Gasteiger partial charge on any atom is 0.269 e. The van der Waals surface area contributed by atoms with Crippen molar-refractivity contribution in [1.29, 1.82) is 0 Å². The second-order valence-corrected chi connectivity index (χ2v) is 9.11. The van der Waals surface area contributed by atoms with Gasteiger partial charge in [0.05, 0.1) is 22.9 Å². The van der Waals surface area contributed by atoms with Crippen molar-refractivity contribution in [2.75, 3.05) is 0 Å². The Bertz CT molecular complexity index is 1670. The van der Waals surface area contributed by atoms with Crippen molar-refractivity contribution in [2.24, 2.45) is 0 Å². The van der Waals surface area contributed by atoms with Crippen molar-refractivity contribution >= 4 is 32.0 Å². The second kappa shape index (κ2) is 6.96. The first-order valence-electron chi connectivity index (χ1n) is 9.96. The van der Waals surface area contributed by atoms with E-state index in [2.05, 4.69) is 4.98 Å². The molecule has 0 aliphatic rings. The van der Waals surface area contributed by atoms with Crippen LogP contribution in [0.25, 0.3) is 44.6 Å². The van der Waals surface area contributed by atoms with Crippen LogP contribution >= 0.6 is 0 Å². The maximum atomic E-state index is 13.7. The van der Waals surface area contributed by atoms with Crippen molar-refractivity contribution in [2.45, 2.75) is 4.90 Å². The van der Waals surface area contributed by atoms with Crippen LogP contribution in [0.2, 0.25) is 0 Å². The Labute approximate surface area is 183 Å². The van der Waals surface area contributed by atoms with Crippen LogP contribution in [-0.2, 0) is 10.0 Å². The van der Waals surface area contributed by atoms with E-state index < -0.39 is 10.0 Å². The highest BCUT2D eigenvalue weighted by Crippen LogP contribution is 2.39. The number of aromatic nitrogens is 2. The van der Waals surface area contributed by atoms with Crippen molar-refractivity contribution in [3.8, 4) is 22.6 Å². The fourth-order valence-electron chi connectivity index (χ4n) is 4.07. The van der Waals surface area contributed by atoms with Crippen molar-refractivity contribution in [1.82, 2.24) is 8.96 Å². The van der Waals surface area contributed by atoms with Crippen LogP contribution in [0.3, 0.4) is 0 Å². The Morgan fingerprint density at radius 3 is 2.25 bits per heavy atom. The lowest BCUT2D eigenvalue weighted by molar-refractivity contribution is 0.582. The van der Waals surface area contributed by atoms with E-state index in [1.54, 1.807) is 61.2 Å². The van der Waals surface area contributed by atoms with Crippen molar-refractivity contribution < 1.29 is 17.3 Å². The highest BCUT2D eigenvalue weighted by molar-refractivity contribution is 7.90. The summed E-state index contributed by atoms with van der Waals surface area (Å²) in [6, 6.07) is 23.1. The first-order chi connectivity index (χ1) is 15.6. The van der Waals surface area contributed by atoms with Crippen LogP contribution in [-0.4, -0.2) is 17.4 Å². The average molecular weight is 440 g/mol. The minimum atomic E-state index is -3.90. The molecule has 0 fully saturated rings. The van der Waals surface area contributed by atoms with E-state index >= 15 is 0 Å². The molecular formula is C25H16N2O4S. The number of pyridine rings is 1. The number of nitrogens with zero attached hydrogens (tertiary/aromatic N) is 2. The molecule has 0 unspecified atom stereocenters. The largest absolute Gasteiger partial charge is 0.464 e. The molecule has 0 radical (unpaired) electrons. The monoisotopic (exact) mass is 440 g/mol. The lowest BCUT2D eigenvalue weighted by atomic mass is 10.0. The number of hydrogen-bond donors (Lipinski definition) is 0. The van der Waals surface area contributed by atoms with Crippen molar-refractivity contribution in [3.05, 3.63) is 97.6 Å². The Morgan fingerprint density at radius 2 is 1.53 bits per heavy atom. The van der Waals surface area contributed by atoms with Gasteiger partial charge in [-0.1, -0.05) is 18.2 Å². The third-order valence-corrected chi connectivity index (χ3v) is 7.20. The fraction of sp³-hybridized carbons (Fsp3) is 0. The molecular weight excluding hydrogens is 424 g/mol. The van der Waals surface area contributed by atoms with Crippen LogP contribution in [0.5, 0.6) is 0 Å². The van der Waals surface area contributed by atoms with Gasteiger partial charge in [-0.3, -0.25) is 0 Å². The van der Waals surface area contributed by atoms with Gasteiger partial charge >= 0.3 is 0 Å². The van der Waals surface area contributed by atoms with E-state index in [1.165, 1.54) is 3.97 Å². The first kappa shape index (κ1) is 18.7. The quantitative estimate of drug-likeness (QED) is 0.339. The number of hydrogen-bond acceptors (Lipinski definition) is 5. The van der Waals surface area contributed by atoms with Gasteiger partial charge in [0.2, 0.25) is 0 Å². The number of benzene rings is 2. The predicted molar refractivity (Wildman–Crippen MR) is 122 cm³/mol. The molecule has 0 aliphatic carbocycles. The maximum absolute atomic E-state index is 13.7. The third-order valence-electron chi connectivity index (χ3n) is 5.48. The smallest absolute Gasteiger partial charge is 0.269 e. The van der Waals surface area contributed by atoms with Crippen LogP contribution in [0.15, 0.2) is 111 Å². The molecule has 0 aliphatic heterocycles. The van der Waals surface area contributed by atoms with Gasteiger partial charge in [-0.15, -0.1) is 0 Å². The molecule has 4 aromatic heterocycles. The summed E-state index contributed by atoms with van der Waals surface area (Å²) in [4.78, 5) is 4.69. The Hall–Kier alpha value is -4.10. The normalized spacial score (nSPS) is 12.0. The van der Waals surface area contributed by atoms with E-state index in [4.69, 9.17) is 8.83 Å². The molecule has 6 nitrogen and oxygen atoms in total. The topological polar surface area (TPSA) is 78.2 Å². The number of furan rings is 2. The minimum Gasteiger partial charge on any atom is -0.464 e. The molecule has 0 saturated carbocycles. The molecule has 7 heteroatoms. The molecule has 2 aromatic carbocycles. The van der Waals surface area contributed by atoms with Crippen molar-refractivity contribution in [3.63, 3.8) is 0 Å². The molecule has 32 heavy (non-hydrogen) atoms. The highest BCUT2D eigenvalue weighted by atomic mass is 32.2. The van der Waals surface area contributed by atoms with E-state index in [0.29, 0.717) is 28.1 Å². The molecule has 4 heterocycles. The van der Waals surface area contributed by atoms with Crippen LogP contribution in [0.1, 0.15) is 0 Å².